The third kappa shape index (κ3) is 4.24. The molecular formula is C10H19N3OS. The fraction of sp³-hybridized carbons (Fsp3) is 0.700. The summed E-state index contributed by atoms with van der Waals surface area (Å²) in [5.74, 6) is 0.959. The van der Waals surface area contributed by atoms with Gasteiger partial charge in [-0.05, 0) is 19.8 Å². The van der Waals surface area contributed by atoms with Crippen LogP contribution in [0.4, 0.5) is 0 Å². The topological polar surface area (TPSA) is 64.1 Å². The van der Waals surface area contributed by atoms with Crippen LogP contribution in [0, 0.1) is 0 Å². The average molecular weight is 229 g/mol. The molecule has 0 aliphatic carbocycles. The molecule has 15 heavy (non-hydrogen) atoms. The lowest BCUT2D eigenvalue weighted by Gasteiger charge is -2.20. The maximum atomic E-state index is 9.68. The van der Waals surface area contributed by atoms with Gasteiger partial charge in [0, 0.05) is 31.7 Å². The Labute approximate surface area is 94.9 Å². The summed E-state index contributed by atoms with van der Waals surface area (Å²) in [6.45, 7) is 2.10. The quantitative estimate of drug-likeness (QED) is 0.564. The van der Waals surface area contributed by atoms with Gasteiger partial charge in [-0.2, -0.15) is 0 Å². The van der Waals surface area contributed by atoms with Crippen LogP contribution in [0.1, 0.15) is 19.8 Å². The highest BCUT2D eigenvalue weighted by Crippen LogP contribution is 2.18. The molecule has 0 aliphatic rings. The number of rotatable bonds is 6. The summed E-state index contributed by atoms with van der Waals surface area (Å²) in [6.07, 6.45) is 5.40. The van der Waals surface area contributed by atoms with Crippen LogP contribution in [-0.4, -0.2) is 32.6 Å². The zero-order valence-corrected chi connectivity index (χ0v) is 10.1. The summed E-state index contributed by atoms with van der Waals surface area (Å²) in [5.41, 5.74) is 4.71. The van der Waals surface area contributed by atoms with E-state index >= 15 is 0 Å². The molecule has 1 atom stereocenters. The van der Waals surface area contributed by atoms with E-state index in [9.17, 15) is 5.11 Å². The van der Waals surface area contributed by atoms with E-state index in [0.29, 0.717) is 6.54 Å². The molecule has 0 aromatic carbocycles. The number of imidazole rings is 1. The first-order valence-corrected chi connectivity index (χ1v) is 6.06. The van der Waals surface area contributed by atoms with E-state index in [-0.39, 0.29) is 0 Å². The Balaban J connectivity index is 2.20. The number of aliphatic hydroxyl groups is 1. The van der Waals surface area contributed by atoms with Crippen LogP contribution < -0.4 is 5.73 Å². The molecule has 1 aromatic rings. The Bertz CT molecular complexity index is 299. The molecular weight excluding hydrogens is 210 g/mol. The average Bonchev–Trinajstić information content (AvgIpc) is 2.59. The molecule has 5 heteroatoms. The van der Waals surface area contributed by atoms with Gasteiger partial charge >= 0.3 is 0 Å². The Morgan fingerprint density at radius 1 is 1.67 bits per heavy atom. The van der Waals surface area contributed by atoms with Crippen molar-refractivity contribution in [2.24, 2.45) is 12.8 Å². The molecule has 0 fully saturated rings. The van der Waals surface area contributed by atoms with Crippen LogP contribution in [0.25, 0.3) is 0 Å². The van der Waals surface area contributed by atoms with Crippen molar-refractivity contribution in [2.75, 3.05) is 12.3 Å². The van der Waals surface area contributed by atoms with Gasteiger partial charge in [-0.1, -0.05) is 11.8 Å². The van der Waals surface area contributed by atoms with E-state index in [4.69, 9.17) is 5.73 Å². The molecule has 0 saturated carbocycles. The van der Waals surface area contributed by atoms with Crippen molar-refractivity contribution >= 4 is 11.8 Å². The van der Waals surface area contributed by atoms with Gasteiger partial charge in [-0.15, -0.1) is 0 Å². The summed E-state index contributed by atoms with van der Waals surface area (Å²) < 4.78 is 1.99. The highest BCUT2D eigenvalue weighted by atomic mass is 32.2. The molecule has 3 N–H and O–H groups in total. The number of aromatic nitrogens is 2. The van der Waals surface area contributed by atoms with Crippen molar-refractivity contribution < 1.29 is 5.11 Å². The van der Waals surface area contributed by atoms with Gasteiger partial charge < -0.3 is 15.4 Å². The maximum Gasteiger partial charge on any atom is 0.167 e. The van der Waals surface area contributed by atoms with Crippen LogP contribution >= 0.6 is 11.8 Å². The number of nitrogens with zero attached hydrogens (tertiary/aromatic N) is 2. The van der Waals surface area contributed by atoms with Crippen LogP contribution in [0.3, 0.4) is 0 Å². The molecule has 86 valence electrons. The number of nitrogens with two attached hydrogens (primary N) is 1. The molecule has 0 saturated heterocycles. The molecule has 0 aliphatic heterocycles. The Morgan fingerprint density at radius 2 is 2.40 bits per heavy atom. The molecule has 0 radical (unpaired) electrons. The van der Waals surface area contributed by atoms with Crippen molar-refractivity contribution in [3.63, 3.8) is 0 Å². The van der Waals surface area contributed by atoms with Crippen LogP contribution in [-0.2, 0) is 7.05 Å². The monoisotopic (exact) mass is 229 g/mol. The van der Waals surface area contributed by atoms with E-state index in [1.807, 2.05) is 17.8 Å². The van der Waals surface area contributed by atoms with Crippen LogP contribution in [0.15, 0.2) is 17.6 Å². The molecule has 1 heterocycles. The zero-order valence-electron chi connectivity index (χ0n) is 9.31. The van der Waals surface area contributed by atoms with Gasteiger partial charge in [0.15, 0.2) is 5.16 Å². The molecule has 0 spiro atoms. The standard InChI is InChI=1S/C10H19N3OS/c1-10(14,8-11)4-3-7-15-9-12-5-6-13(9)2/h5-6,14H,3-4,7-8,11H2,1-2H3. The van der Waals surface area contributed by atoms with Crippen molar-refractivity contribution in [3.8, 4) is 0 Å². The molecule has 1 unspecified atom stereocenters. The largest absolute Gasteiger partial charge is 0.389 e. The van der Waals surface area contributed by atoms with E-state index in [1.54, 1.807) is 24.9 Å². The third-order valence-corrected chi connectivity index (χ3v) is 3.45. The third-order valence-electron chi connectivity index (χ3n) is 2.31. The number of thioether (sulfide) groups is 1. The van der Waals surface area contributed by atoms with Crippen molar-refractivity contribution in [1.29, 1.82) is 0 Å². The molecule has 4 nitrogen and oxygen atoms in total. The van der Waals surface area contributed by atoms with Gasteiger partial charge in [-0.3, -0.25) is 0 Å². The van der Waals surface area contributed by atoms with Crippen molar-refractivity contribution in [3.05, 3.63) is 12.4 Å². The lowest BCUT2D eigenvalue weighted by Crippen LogP contribution is -2.34. The minimum absolute atomic E-state index is 0.320. The van der Waals surface area contributed by atoms with Crippen LogP contribution in [0.5, 0.6) is 0 Å². The fourth-order valence-corrected chi connectivity index (χ4v) is 2.08. The van der Waals surface area contributed by atoms with Gasteiger partial charge in [0.25, 0.3) is 0 Å². The van der Waals surface area contributed by atoms with E-state index in [0.717, 1.165) is 23.8 Å². The molecule has 1 aromatic heterocycles. The molecule has 0 amide bonds. The minimum atomic E-state index is -0.720. The summed E-state index contributed by atoms with van der Waals surface area (Å²) in [6, 6.07) is 0. The first kappa shape index (κ1) is 12.5. The smallest absolute Gasteiger partial charge is 0.167 e. The Hall–Kier alpha value is -0.520. The number of hydrogen-bond acceptors (Lipinski definition) is 4. The van der Waals surface area contributed by atoms with Gasteiger partial charge in [0.1, 0.15) is 0 Å². The summed E-state index contributed by atoms with van der Waals surface area (Å²) in [4.78, 5) is 4.21. The van der Waals surface area contributed by atoms with Gasteiger partial charge in [-0.25, -0.2) is 4.98 Å². The van der Waals surface area contributed by atoms with E-state index in [2.05, 4.69) is 4.98 Å². The lowest BCUT2D eigenvalue weighted by atomic mass is 10.0. The summed E-state index contributed by atoms with van der Waals surface area (Å²) in [5, 5.41) is 10.7. The molecule has 0 bridgehead atoms. The van der Waals surface area contributed by atoms with E-state index < -0.39 is 5.60 Å². The fourth-order valence-electron chi connectivity index (χ4n) is 1.21. The normalized spacial score (nSPS) is 15.2. The Kier molecular flexibility index (Phi) is 4.63. The van der Waals surface area contributed by atoms with Gasteiger partial charge in [0.05, 0.1) is 5.60 Å². The second-order valence-corrected chi connectivity index (χ2v) is 5.04. The predicted octanol–water partition coefficient (Wildman–Crippen LogP) is 1.00. The predicted molar refractivity (Wildman–Crippen MR) is 62.8 cm³/mol. The van der Waals surface area contributed by atoms with Gasteiger partial charge in [0.2, 0.25) is 0 Å². The number of aryl methyl sites for hydroxylation is 1. The highest BCUT2D eigenvalue weighted by Gasteiger charge is 2.16. The second kappa shape index (κ2) is 5.53. The van der Waals surface area contributed by atoms with E-state index in [1.165, 1.54) is 0 Å². The Morgan fingerprint density at radius 3 is 2.93 bits per heavy atom. The maximum absolute atomic E-state index is 9.68. The first-order valence-electron chi connectivity index (χ1n) is 5.08. The van der Waals surface area contributed by atoms with Crippen molar-refractivity contribution in [2.45, 2.75) is 30.5 Å². The van der Waals surface area contributed by atoms with Crippen molar-refractivity contribution in [1.82, 2.24) is 9.55 Å². The highest BCUT2D eigenvalue weighted by molar-refractivity contribution is 7.99. The second-order valence-electron chi connectivity index (χ2n) is 3.97. The lowest BCUT2D eigenvalue weighted by molar-refractivity contribution is 0.0596. The van der Waals surface area contributed by atoms with Crippen LogP contribution in [0.2, 0.25) is 0 Å². The summed E-state index contributed by atoms with van der Waals surface area (Å²) in [7, 11) is 1.98. The number of hydrogen-bond donors (Lipinski definition) is 2. The molecule has 1 rings (SSSR count). The minimum Gasteiger partial charge on any atom is -0.389 e. The SMILES string of the molecule is Cn1ccnc1SCCCC(C)(O)CN. The summed E-state index contributed by atoms with van der Waals surface area (Å²) >= 11 is 1.70. The zero-order chi connectivity index (χ0) is 11.3. The first-order chi connectivity index (χ1) is 7.05.